The maximum absolute atomic E-state index is 11.3. The Hall–Kier alpha value is -0.670. The molecule has 54 valence electrons. The van der Waals surface area contributed by atoms with E-state index in [0.29, 0.717) is 19.4 Å². The van der Waals surface area contributed by atoms with Crippen LogP contribution < -0.4 is 5.32 Å². The predicted octanol–water partition coefficient (Wildman–Crippen LogP) is 0.778. The monoisotopic (exact) mass is 137 g/mol. The Morgan fingerprint density at radius 2 is 2.22 bits per heavy atom. The van der Waals surface area contributed by atoms with E-state index in [1.165, 1.54) is 0 Å². The van der Waals surface area contributed by atoms with Crippen molar-refractivity contribution in [1.82, 2.24) is 5.32 Å². The van der Waals surface area contributed by atoms with Gasteiger partial charge in [-0.2, -0.15) is 0 Å². The first-order valence-electron chi connectivity index (χ1n) is 2.72. The summed E-state index contributed by atoms with van der Waals surface area (Å²) in [7, 11) is 0. The standard InChI is InChI=1S/C5H9F2NO/c6-5(7)2-1-3-8-4-9/h4-5H,1-3H2,(H,8,9). The molecule has 0 aliphatic heterocycles. The van der Waals surface area contributed by atoms with Gasteiger partial charge in [-0.05, 0) is 6.42 Å². The molecule has 0 aromatic rings. The molecular formula is C5H9F2NO. The van der Waals surface area contributed by atoms with Crippen LogP contribution in [0.2, 0.25) is 0 Å². The van der Waals surface area contributed by atoms with E-state index in [2.05, 4.69) is 5.32 Å². The van der Waals surface area contributed by atoms with Crippen LogP contribution in [0, 0.1) is 0 Å². The number of rotatable bonds is 5. The van der Waals surface area contributed by atoms with Gasteiger partial charge >= 0.3 is 0 Å². The van der Waals surface area contributed by atoms with Crippen molar-refractivity contribution in [2.45, 2.75) is 19.3 Å². The molecule has 4 heteroatoms. The highest BCUT2D eigenvalue weighted by atomic mass is 19.3. The summed E-state index contributed by atoms with van der Waals surface area (Å²) in [5.41, 5.74) is 0. The fourth-order valence-corrected chi connectivity index (χ4v) is 0.417. The van der Waals surface area contributed by atoms with Crippen molar-refractivity contribution in [2.24, 2.45) is 0 Å². The molecule has 0 saturated heterocycles. The summed E-state index contributed by atoms with van der Waals surface area (Å²) in [6.45, 7) is 0.341. The van der Waals surface area contributed by atoms with Gasteiger partial charge in [0.05, 0.1) is 0 Å². The van der Waals surface area contributed by atoms with Crippen LogP contribution in [0.25, 0.3) is 0 Å². The van der Waals surface area contributed by atoms with Crippen molar-refractivity contribution in [1.29, 1.82) is 0 Å². The van der Waals surface area contributed by atoms with Crippen LogP contribution in [-0.2, 0) is 4.79 Å². The molecule has 0 aromatic carbocycles. The summed E-state index contributed by atoms with van der Waals surface area (Å²) in [4.78, 5) is 9.55. The third-order valence-electron chi connectivity index (χ3n) is 0.827. The zero-order valence-electron chi connectivity index (χ0n) is 4.94. The SMILES string of the molecule is O=CNCCCC(F)F. The molecule has 0 fully saturated rings. The van der Waals surface area contributed by atoms with Crippen molar-refractivity contribution >= 4 is 6.41 Å². The van der Waals surface area contributed by atoms with E-state index >= 15 is 0 Å². The second-order valence-electron chi connectivity index (χ2n) is 1.61. The molecule has 2 nitrogen and oxygen atoms in total. The summed E-state index contributed by atoms with van der Waals surface area (Å²) in [6.07, 6.45) is -1.54. The van der Waals surface area contributed by atoms with Gasteiger partial charge in [-0.15, -0.1) is 0 Å². The van der Waals surface area contributed by atoms with Gasteiger partial charge in [-0.1, -0.05) is 0 Å². The Bertz CT molecular complexity index is 77.4. The van der Waals surface area contributed by atoms with Gasteiger partial charge in [0.2, 0.25) is 12.8 Å². The third kappa shape index (κ3) is 7.33. The number of nitrogens with one attached hydrogen (secondary N) is 1. The van der Waals surface area contributed by atoms with E-state index in [-0.39, 0.29) is 6.42 Å². The van der Waals surface area contributed by atoms with Crippen LogP contribution in [0.4, 0.5) is 8.78 Å². The Kier molecular flexibility index (Phi) is 5.06. The highest BCUT2D eigenvalue weighted by molar-refractivity contribution is 5.45. The number of hydrogen-bond acceptors (Lipinski definition) is 1. The Labute approximate surface area is 52.2 Å². The number of halogens is 2. The minimum atomic E-state index is -2.25. The minimum absolute atomic E-state index is 0.138. The fourth-order valence-electron chi connectivity index (χ4n) is 0.417. The highest BCUT2D eigenvalue weighted by Gasteiger charge is 1.99. The smallest absolute Gasteiger partial charge is 0.238 e. The molecule has 1 N–H and O–H groups in total. The predicted molar refractivity (Wildman–Crippen MR) is 29.3 cm³/mol. The molecule has 0 rings (SSSR count). The fraction of sp³-hybridized carbons (Fsp3) is 0.800. The lowest BCUT2D eigenvalue weighted by Gasteiger charge is -1.96. The van der Waals surface area contributed by atoms with E-state index in [0.717, 1.165) is 0 Å². The normalized spacial score (nSPS) is 9.67. The van der Waals surface area contributed by atoms with Gasteiger partial charge in [0, 0.05) is 13.0 Å². The van der Waals surface area contributed by atoms with Crippen LogP contribution in [0.1, 0.15) is 12.8 Å². The lowest BCUT2D eigenvalue weighted by Crippen LogP contribution is -2.12. The number of carbonyl (C=O) groups is 1. The Morgan fingerprint density at radius 1 is 1.56 bits per heavy atom. The Balaban J connectivity index is 2.82. The van der Waals surface area contributed by atoms with Crippen molar-refractivity contribution in [3.8, 4) is 0 Å². The first-order chi connectivity index (χ1) is 4.27. The third-order valence-corrected chi connectivity index (χ3v) is 0.827. The van der Waals surface area contributed by atoms with E-state index < -0.39 is 6.43 Å². The summed E-state index contributed by atoms with van der Waals surface area (Å²) in [5, 5.41) is 2.29. The number of alkyl halides is 2. The van der Waals surface area contributed by atoms with Gasteiger partial charge < -0.3 is 5.32 Å². The van der Waals surface area contributed by atoms with E-state index in [1.807, 2.05) is 0 Å². The average molecular weight is 137 g/mol. The van der Waals surface area contributed by atoms with E-state index in [1.54, 1.807) is 0 Å². The largest absolute Gasteiger partial charge is 0.359 e. The lowest BCUT2D eigenvalue weighted by molar-refractivity contribution is -0.109. The van der Waals surface area contributed by atoms with Crippen molar-refractivity contribution < 1.29 is 13.6 Å². The van der Waals surface area contributed by atoms with Gasteiger partial charge in [-0.3, -0.25) is 4.79 Å². The van der Waals surface area contributed by atoms with Crippen LogP contribution in [0.3, 0.4) is 0 Å². The molecule has 0 atom stereocenters. The van der Waals surface area contributed by atoms with Gasteiger partial charge in [0.25, 0.3) is 0 Å². The van der Waals surface area contributed by atoms with Crippen molar-refractivity contribution in [3.05, 3.63) is 0 Å². The summed E-state index contributed by atoms with van der Waals surface area (Å²) in [5.74, 6) is 0. The molecule has 0 aliphatic rings. The number of hydrogen-bond donors (Lipinski definition) is 1. The summed E-state index contributed by atoms with van der Waals surface area (Å²) in [6, 6.07) is 0. The molecule has 0 radical (unpaired) electrons. The molecule has 0 aliphatic carbocycles. The van der Waals surface area contributed by atoms with Crippen molar-refractivity contribution in [2.75, 3.05) is 6.54 Å². The van der Waals surface area contributed by atoms with Crippen LogP contribution >= 0.6 is 0 Å². The maximum Gasteiger partial charge on any atom is 0.238 e. The molecule has 9 heavy (non-hydrogen) atoms. The summed E-state index contributed by atoms with van der Waals surface area (Å²) >= 11 is 0. The van der Waals surface area contributed by atoms with Crippen LogP contribution in [-0.4, -0.2) is 19.4 Å². The second-order valence-corrected chi connectivity index (χ2v) is 1.61. The molecule has 0 aromatic heterocycles. The first-order valence-corrected chi connectivity index (χ1v) is 2.72. The Morgan fingerprint density at radius 3 is 2.67 bits per heavy atom. The van der Waals surface area contributed by atoms with Gasteiger partial charge in [-0.25, -0.2) is 8.78 Å². The van der Waals surface area contributed by atoms with Crippen LogP contribution in [0.15, 0.2) is 0 Å². The average Bonchev–Trinajstić information content (AvgIpc) is 1.80. The highest BCUT2D eigenvalue weighted by Crippen LogP contribution is 2.00. The van der Waals surface area contributed by atoms with E-state index in [4.69, 9.17) is 0 Å². The zero-order chi connectivity index (χ0) is 7.11. The van der Waals surface area contributed by atoms with Gasteiger partial charge in [0.15, 0.2) is 0 Å². The molecule has 1 amide bonds. The minimum Gasteiger partial charge on any atom is -0.359 e. The molecule has 0 spiro atoms. The number of carbonyl (C=O) groups excluding carboxylic acids is 1. The topological polar surface area (TPSA) is 29.1 Å². The lowest BCUT2D eigenvalue weighted by atomic mass is 10.3. The molecule has 0 heterocycles. The molecule has 0 saturated carbocycles. The first kappa shape index (κ1) is 8.33. The maximum atomic E-state index is 11.3. The zero-order valence-corrected chi connectivity index (χ0v) is 4.94. The number of amides is 1. The quantitative estimate of drug-likeness (QED) is 0.440. The van der Waals surface area contributed by atoms with E-state index in [9.17, 15) is 13.6 Å². The molecule has 0 unspecified atom stereocenters. The van der Waals surface area contributed by atoms with Gasteiger partial charge in [0.1, 0.15) is 0 Å². The van der Waals surface area contributed by atoms with Crippen LogP contribution in [0.5, 0.6) is 0 Å². The molecule has 0 bridgehead atoms. The van der Waals surface area contributed by atoms with Crippen molar-refractivity contribution in [3.63, 3.8) is 0 Å². The second kappa shape index (κ2) is 5.47. The summed E-state index contributed by atoms with van der Waals surface area (Å²) < 4.78 is 22.7. The molecular weight excluding hydrogens is 128 g/mol.